The van der Waals surface area contributed by atoms with Crippen LogP contribution in [0.5, 0.6) is 0 Å². The Labute approximate surface area is 191 Å². The van der Waals surface area contributed by atoms with Crippen molar-refractivity contribution in [1.82, 2.24) is 0 Å². The maximum Gasteiger partial charge on any atom is -0.00175 e. The van der Waals surface area contributed by atoms with Crippen molar-refractivity contribution in [2.24, 2.45) is 0 Å². The highest BCUT2D eigenvalue weighted by atomic mass is 14.2. The summed E-state index contributed by atoms with van der Waals surface area (Å²) in [5, 5.41) is 5.51. The molecule has 0 amide bonds. The van der Waals surface area contributed by atoms with E-state index in [1.165, 1.54) is 54.9 Å². The van der Waals surface area contributed by atoms with Crippen LogP contribution in [-0.4, -0.2) is 0 Å². The summed E-state index contributed by atoms with van der Waals surface area (Å²) in [6.45, 7) is 9.23. The van der Waals surface area contributed by atoms with E-state index in [0.717, 1.165) is 0 Å². The van der Waals surface area contributed by atoms with Crippen LogP contribution >= 0.6 is 0 Å². The van der Waals surface area contributed by atoms with Crippen molar-refractivity contribution < 1.29 is 0 Å². The van der Waals surface area contributed by atoms with E-state index in [1.807, 2.05) is 0 Å². The summed E-state index contributed by atoms with van der Waals surface area (Å²) in [7, 11) is 0. The molecule has 0 spiro atoms. The molecule has 32 heavy (non-hydrogen) atoms. The van der Waals surface area contributed by atoms with Gasteiger partial charge in [-0.15, -0.1) is 0 Å². The smallest absolute Gasteiger partial charge is 0.00175 e. The summed E-state index contributed by atoms with van der Waals surface area (Å²) in [5.41, 5.74) is 8.09. The Morgan fingerprint density at radius 2 is 0.875 bits per heavy atom. The highest BCUT2D eigenvalue weighted by Crippen LogP contribution is 2.48. The number of fused-ring (bicyclic) bond motifs is 3. The van der Waals surface area contributed by atoms with E-state index in [4.69, 9.17) is 0 Å². The molecule has 158 valence electrons. The van der Waals surface area contributed by atoms with Gasteiger partial charge in [-0.2, -0.15) is 0 Å². The van der Waals surface area contributed by atoms with Gasteiger partial charge in [0.15, 0.2) is 0 Å². The molecule has 0 bridgehead atoms. The van der Waals surface area contributed by atoms with Crippen molar-refractivity contribution >= 4 is 21.5 Å². The highest BCUT2D eigenvalue weighted by Gasteiger charge is 2.22. The molecule has 0 aliphatic rings. The first kappa shape index (κ1) is 20.5. The van der Waals surface area contributed by atoms with E-state index in [-0.39, 0.29) is 0 Å². The molecule has 0 aliphatic carbocycles. The summed E-state index contributed by atoms with van der Waals surface area (Å²) < 4.78 is 0. The minimum absolute atomic E-state index is 0.438. The van der Waals surface area contributed by atoms with Gasteiger partial charge in [0, 0.05) is 0 Å². The number of rotatable bonds is 4. The fourth-order valence-electron chi connectivity index (χ4n) is 5.16. The van der Waals surface area contributed by atoms with Crippen molar-refractivity contribution in [2.75, 3.05) is 0 Å². The van der Waals surface area contributed by atoms with Crippen molar-refractivity contribution in [3.8, 4) is 22.3 Å². The summed E-state index contributed by atoms with van der Waals surface area (Å²) in [5.74, 6) is 0.893. The van der Waals surface area contributed by atoms with Crippen molar-refractivity contribution in [2.45, 2.75) is 39.5 Å². The molecule has 0 radical (unpaired) electrons. The van der Waals surface area contributed by atoms with Crippen LogP contribution in [-0.2, 0) is 0 Å². The Bertz CT molecular complexity index is 1390. The molecule has 0 saturated heterocycles. The predicted molar refractivity (Wildman–Crippen MR) is 141 cm³/mol. The van der Waals surface area contributed by atoms with Gasteiger partial charge in [-0.3, -0.25) is 0 Å². The first-order chi connectivity index (χ1) is 15.6. The lowest BCUT2D eigenvalue weighted by Gasteiger charge is -2.24. The van der Waals surface area contributed by atoms with Crippen molar-refractivity contribution in [1.29, 1.82) is 0 Å². The second kappa shape index (κ2) is 8.28. The van der Waals surface area contributed by atoms with Gasteiger partial charge in [0.25, 0.3) is 0 Å². The zero-order valence-corrected chi connectivity index (χ0v) is 19.4. The normalized spacial score (nSPS) is 11.7. The molecule has 0 heterocycles. The summed E-state index contributed by atoms with van der Waals surface area (Å²) in [6.07, 6.45) is 0. The lowest BCUT2D eigenvalue weighted by atomic mass is 9.80. The first-order valence-electron chi connectivity index (χ1n) is 11.7. The fraction of sp³-hybridized carbons (Fsp3) is 0.188. The zero-order valence-electron chi connectivity index (χ0n) is 19.4. The van der Waals surface area contributed by atoms with E-state index in [0.29, 0.717) is 11.8 Å². The van der Waals surface area contributed by atoms with E-state index in [1.54, 1.807) is 0 Å². The maximum atomic E-state index is 2.33. The number of benzene rings is 5. The Balaban J connectivity index is 2.13. The van der Waals surface area contributed by atoms with Gasteiger partial charge >= 0.3 is 0 Å². The van der Waals surface area contributed by atoms with Gasteiger partial charge in [-0.1, -0.05) is 125 Å². The molecule has 5 rings (SSSR count). The standard InChI is InChI=1S/C32H30/c1-21(2)25-17-11-19-27-29(23-13-7-5-8-14-23)30(24-15-9-6-10-16-24)32-26(22(3)4)18-12-20-28(32)31(25)27/h5-22H,1-4H3. The third-order valence-electron chi connectivity index (χ3n) is 6.60. The van der Waals surface area contributed by atoms with Crippen LogP contribution in [0.15, 0.2) is 97.1 Å². The third-order valence-corrected chi connectivity index (χ3v) is 6.60. The second-order valence-corrected chi connectivity index (χ2v) is 9.33. The average Bonchev–Trinajstić information content (AvgIpc) is 2.83. The summed E-state index contributed by atoms with van der Waals surface area (Å²) >= 11 is 0. The lowest BCUT2D eigenvalue weighted by molar-refractivity contribution is 0.875. The highest BCUT2D eigenvalue weighted by molar-refractivity contribution is 6.23. The van der Waals surface area contributed by atoms with Crippen LogP contribution < -0.4 is 0 Å². The Morgan fingerprint density at radius 1 is 0.406 bits per heavy atom. The number of hydrogen-bond donors (Lipinski definition) is 0. The Hall–Kier alpha value is -3.38. The van der Waals surface area contributed by atoms with Gasteiger partial charge < -0.3 is 0 Å². The largest absolute Gasteiger partial charge is 0.0622 e. The Morgan fingerprint density at radius 3 is 1.41 bits per heavy atom. The predicted octanol–water partition coefficient (Wildman–Crippen LogP) is 9.57. The second-order valence-electron chi connectivity index (χ2n) is 9.33. The quantitative estimate of drug-likeness (QED) is 0.257. The topological polar surface area (TPSA) is 0 Å². The molecule has 0 aliphatic heterocycles. The average molecular weight is 415 g/mol. The fourth-order valence-corrected chi connectivity index (χ4v) is 5.16. The van der Waals surface area contributed by atoms with Gasteiger partial charge in [-0.05, 0) is 66.8 Å². The lowest BCUT2D eigenvalue weighted by Crippen LogP contribution is -1.99. The zero-order chi connectivity index (χ0) is 22.2. The molecule has 0 atom stereocenters. The summed E-state index contributed by atoms with van der Waals surface area (Å²) in [4.78, 5) is 0. The van der Waals surface area contributed by atoms with Crippen molar-refractivity contribution in [3.63, 3.8) is 0 Å². The number of hydrogen-bond acceptors (Lipinski definition) is 0. The van der Waals surface area contributed by atoms with E-state index in [2.05, 4.69) is 125 Å². The van der Waals surface area contributed by atoms with Gasteiger partial charge in [0.2, 0.25) is 0 Å². The van der Waals surface area contributed by atoms with Crippen molar-refractivity contribution in [3.05, 3.63) is 108 Å². The van der Waals surface area contributed by atoms with E-state index in [9.17, 15) is 0 Å². The van der Waals surface area contributed by atoms with Gasteiger partial charge in [0.05, 0.1) is 0 Å². The van der Waals surface area contributed by atoms with E-state index >= 15 is 0 Å². The molecule has 0 unspecified atom stereocenters. The first-order valence-corrected chi connectivity index (χ1v) is 11.7. The molecule has 5 aromatic rings. The van der Waals surface area contributed by atoms with Crippen LogP contribution in [0.3, 0.4) is 0 Å². The maximum absolute atomic E-state index is 2.33. The molecular weight excluding hydrogens is 384 g/mol. The molecule has 0 N–H and O–H groups in total. The van der Waals surface area contributed by atoms with Gasteiger partial charge in [-0.25, -0.2) is 0 Å². The van der Waals surface area contributed by atoms with Crippen LogP contribution in [0.25, 0.3) is 43.8 Å². The molecule has 5 aromatic carbocycles. The molecule has 0 nitrogen and oxygen atoms in total. The summed E-state index contributed by atoms with van der Waals surface area (Å²) in [6, 6.07) is 35.6. The van der Waals surface area contributed by atoms with Gasteiger partial charge in [0.1, 0.15) is 0 Å². The third kappa shape index (κ3) is 3.31. The minimum Gasteiger partial charge on any atom is -0.0622 e. The molecule has 0 saturated carbocycles. The minimum atomic E-state index is 0.438. The van der Waals surface area contributed by atoms with Crippen LogP contribution in [0.1, 0.15) is 50.7 Å². The van der Waals surface area contributed by atoms with Crippen LogP contribution in [0, 0.1) is 0 Å². The molecular formula is C32H30. The molecule has 0 heteroatoms. The van der Waals surface area contributed by atoms with E-state index < -0.39 is 0 Å². The van der Waals surface area contributed by atoms with Crippen LogP contribution in [0.2, 0.25) is 0 Å². The van der Waals surface area contributed by atoms with Crippen LogP contribution in [0.4, 0.5) is 0 Å². The molecule has 0 fully saturated rings. The SMILES string of the molecule is CC(C)c1cccc2c1c(-c1ccccc1)c(-c1ccccc1)c1cccc(C(C)C)c12. The monoisotopic (exact) mass is 414 g/mol. The Kier molecular flexibility index (Phi) is 5.31. The molecule has 0 aromatic heterocycles.